The average molecular weight is 450 g/mol. The molecule has 5 rings (SSSR count). The molecule has 166 valence electrons. The first-order valence-electron chi connectivity index (χ1n) is 10.3. The SMILES string of the molecule is CCOC(=O)[C@]12C[C@H]3[C@@]4(CC[C@H](OC(=O)c5ccccc5)[C@@]4(COS3(=O)=O)CC1=O)O2. The molecule has 5 atom stereocenters. The molecule has 3 saturated heterocycles. The van der Waals surface area contributed by atoms with Gasteiger partial charge in [0.05, 0.1) is 24.2 Å². The summed E-state index contributed by atoms with van der Waals surface area (Å²) in [5.41, 5.74) is -4.16. The van der Waals surface area contributed by atoms with Crippen LogP contribution in [0.1, 0.15) is 43.0 Å². The number of carbonyl (C=O) groups excluding carboxylic acids is 3. The first kappa shape index (κ1) is 20.6. The summed E-state index contributed by atoms with van der Waals surface area (Å²) in [6.45, 7) is 1.28. The Balaban J connectivity index is 1.56. The van der Waals surface area contributed by atoms with Crippen molar-refractivity contribution in [2.24, 2.45) is 5.41 Å². The first-order chi connectivity index (χ1) is 14.7. The topological polar surface area (TPSA) is 122 Å². The van der Waals surface area contributed by atoms with Gasteiger partial charge in [0.1, 0.15) is 17.0 Å². The lowest BCUT2D eigenvalue weighted by molar-refractivity contribution is -0.226. The number of fused-ring (bicyclic) bond motifs is 1. The molecule has 1 aromatic rings. The second-order valence-electron chi connectivity index (χ2n) is 8.54. The molecule has 31 heavy (non-hydrogen) atoms. The van der Waals surface area contributed by atoms with E-state index in [1.54, 1.807) is 37.3 Å². The summed E-state index contributed by atoms with van der Waals surface area (Å²) in [5, 5.41) is -1.22. The zero-order valence-corrected chi connectivity index (χ0v) is 17.7. The molecule has 2 bridgehead atoms. The van der Waals surface area contributed by atoms with E-state index in [4.69, 9.17) is 18.4 Å². The number of ketones is 1. The average Bonchev–Trinajstić information content (AvgIpc) is 3.26. The molecule has 0 N–H and O–H groups in total. The highest BCUT2D eigenvalue weighted by atomic mass is 32.2. The van der Waals surface area contributed by atoms with Crippen molar-refractivity contribution in [1.82, 2.24) is 0 Å². The maximum absolute atomic E-state index is 13.3. The van der Waals surface area contributed by atoms with E-state index in [0.717, 1.165) is 0 Å². The van der Waals surface area contributed by atoms with E-state index in [1.165, 1.54) is 0 Å². The minimum absolute atomic E-state index is 0.0284. The predicted molar refractivity (Wildman–Crippen MR) is 103 cm³/mol. The van der Waals surface area contributed by atoms with Crippen molar-refractivity contribution in [3.05, 3.63) is 35.9 Å². The maximum Gasteiger partial charge on any atom is 0.346 e. The van der Waals surface area contributed by atoms with Crippen molar-refractivity contribution in [3.8, 4) is 0 Å². The summed E-state index contributed by atoms with van der Waals surface area (Å²) >= 11 is 0. The van der Waals surface area contributed by atoms with Gasteiger partial charge in [-0.3, -0.25) is 8.98 Å². The van der Waals surface area contributed by atoms with Gasteiger partial charge >= 0.3 is 11.9 Å². The van der Waals surface area contributed by atoms with Crippen LogP contribution in [0.25, 0.3) is 0 Å². The Morgan fingerprint density at radius 2 is 1.97 bits per heavy atom. The van der Waals surface area contributed by atoms with Crippen molar-refractivity contribution in [3.63, 3.8) is 0 Å². The Hall–Kier alpha value is -2.30. The molecule has 1 aliphatic carbocycles. The number of esters is 2. The van der Waals surface area contributed by atoms with Gasteiger partial charge in [-0.2, -0.15) is 8.42 Å². The summed E-state index contributed by atoms with van der Waals surface area (Å²) in [6.07, 6.45) is -0.819. The predicted octanol–water partition coefficient (Wildman–Crippen LogP) is 1.15. The Morgan fingerprint density at radius 3 is 2.68 bits per heavy atom. The van der Waals surface area contributed by atoms with Crippen molar-refractivity contribution in [2.45, 2.75) is 55.2 Å². The molecule has 0 amide bonds. The van der Waals surface area contributed by atoms with E-state index in [2.05, 4.69) is 0 Å². The summed E-state index contributed by atoms with van der Waals surface area (Å²) in [6, 6.07) is 8.40. The standard InChI is InChI=1S/C21H22O9S/c1-2-27-18(24)20-11-16-21(30-20)9-8-15(29-17(23)13-6-4-3-5-7-13)19(21,10-14(20)22)12-28-31(16,25)26/h3-7,15-16H,2,8-12H2,1H3/t15-,16-,19-,20-,21+/m0/s1. The molecule has 1 saturated carbocycles. The Kier molecular flexibility index (Phi) is 4.38. The van der Waals surface area contributed by atoms with E-state index >= 15 is 0 Å². The molecular formula is C21H22O9S. The number of rotatable bonds is 4. The highest BCUT2D eigenvalue weighted by Gasteiger charge is 2.83. The first-order valence-corrected chi connectivity index (χ1v) is 11.7. The third kappa shape index (κ3) is 2.55. The Morgan fingerprint density at radius 1 is 1.23 bits per heavy atom. The molecule has 3 heterocycles. The molecule has 4 aliphatic rings. The van der Waals surface area contributed by atoms with Gasteiger partial charge in [0, 0.05) is 12.8 Å². The van der Waals surface area contributed by atoms with E-state index in [0.29, 0.717) is 12.0 Å². The maximum atomic E-state index is 13.3. The van der Waals surface area contributed by atoms with Crippen LogP contribution in [0, 0.1) is 5.41 Å². The van der Waals surface area contributed by atoms with Gasteiger partial charge in [-0.05, 0) is 31.9 Å². The quantitative estimate of drug-likeness (QED) is 0.378. The van der Waals surface area contributed by atoms with Crippen LogP contribution in [0.3, 0.4) is 0 Å². The van der Waals surface area contributed by atoms with Gasteiger partial charge in [-0.25, -0.2) is 9.59 Å². The molecular weight excluding hydrogens is 428 g/mol. The van der Waals surface area contributed by atoms with E-state index in [-0.39, 0.29) is 32.5 Å². The van der Waals surface area contributed by atoms with Gasteiger partial charge in [0.15, 0.2) is 5.78 Å². The molecule has 1 spiro atoms. The minimum atomic E-state index is -4.09. The third-order valence-corrected chi connectivity index (χ3v) is 8.90. The third-order valence-electron chi connectivity index (χ3n) is 7.21. The number of benzene rings is 1. The molecule has 0 unspecified atom stereocenters. The second kappa shape index (κ2) is 6.60. The van der Waals surface area contributed by atoms with Crippen LogP contribution in [-0.2, 0) is 38.1 Å². The number of hydrogen-bond donors (Lipinski definition) is 0. The van der Waals surface area contributed by atoms with Crippen molar-refractivity contribution in [2.75, 3.05) is 13.2 Å². The Labute approximate surface area is 179 Å². The lowest BCUT2D eigenvalue weighted by Gasteiger charge is -2.52. The lowest BCUT2D eigenvalue weighted by atomic mass is 9.68. The molecule has 0 aromatic heterocycles. The van der Waals surface area contributed by atoms with Crippen LogP contribution < -0.4 is 0 Å². The normalized spacial score (nSPS) is 39.6. The van der Waals surface area contributed by atoms with Crippen molar-refractivity contribution in [1.29, 1.82) is 0 Å². The van der Waals surface area contributed by atoms with Crippen LogP contribution >= 0.6 is 0 Å². The molecule has 9 nitrogen and oxygen atoms in total. The zero-order valence-electron chi connectivity index (χ0n) is 16.9. The van der Waals surface area contributed by atoms with E-state index in [9.17, 15) is 22.8 Å². The van der Waals surface area contributed by atoms with Crippen LogP contribution in [0.4, 0.5) is 0 Å². The van der Waals surface area contributed by atoms with E-state index in [1.807, 2.05) is 0 Å². The fourth-order valence-corrected chi connectivity index (χ4v) is 7.63. The van der Waals surface area contributed by atoms with Gasteiger partial charge in [-0.15, -0.1) is 0 Å². The van der Waals surface area contributed by atoms with Crippen LogP contribution in [-0.4, -0.2) is 61.9 Å². The highest BCUT2D eigenvalue weighted by Crippen LogP contribution is 2.67. The number of hydrogen-bond acceptors (Lipinski definition) is 9. The molecule has 0 radical (unpaired) electrons. The van der Waals surface area contributed by atoms with Crippen LogP contribution in [0.15, 0.2) is 30.3 Å². The zero-order chi connectivity index (χ0) is 22.1. The Bertz CT molecular complexity index is 1070. The van der Waals surface area contributed by atoms with Gasteiger partial charge in [0.25, 0.3) is 10.1 Å². The lowest BCUT2D eigenvalue weighted by Crippen LogP contribution is -2.68. The minimum Gasteiger partial charge on any atom is -0.464 e. The van der Waals surface area contributed by atoms with Crippen molar-refractivity contribution >= 4 is 27.8 Å². The van der Waals surface area contributed by atoms with Crippen molar-refractivity contribution < 1.29 is 41.2 Å². The summed E-state index contributed by atoms with van der Waals surface area (Å²) in [5.74, 6) is -2.01. The summed E-state index contributed by atoms with van der Waals surface area (Å²) < 4.78 is 47.9. The molecule has 4 fully saturated rings. The van der Waals surface area contributed by atoms with Crippen LogP contribution in [0.2, 0.25) is 0 Å². The number of Topliss-reactive ketones (excluding diaryl/α,β-unsaturated/α-hetero) is 1. The van der Waals surface area contributed by atoms with Gasteiger partial charge in [-0.1, -0.05) is 18.2 Å². The fraction of sp³-hybridized carbons (Fsp3) is 0.571. The molecule has 1 aromatic carbocycles. The van der Waals surface area contributed by atoms with Crippen LogP contribution in [0.5, 0.6) is 0 Å². The monoisotopic (exact) mass is 450 g/mol. The molecule has 3 aliphatic heterocycles. The van der Waals surface area contributed by atoms with Gasteiger partial charge < -0.3 is 14.2 Å². The summed E-state index contributed by atoms with van der Waals surface area (Å²) in [4.78, 5) is 38.7. The second-order valence-corrected chi connectivity index (χ2v) is 10.3. The summed E-state index contributed by atoms with van der Waals surface area (Å²) in [7, 11) is -4.09. The molecule has 10 heteroatoms. The fourth-order valence-electron chi connectivity index (χ4n) is 5.79. The highest BCUT2D eigenvalue weighted by molar-refractivity contribution is 7.87. The van der Waals surface area contributed by atoms with E-state index < -0.39 is 55.8 Å². The largest absolute Gasteiger partial charge is 0.464 e. The number of carbonyl (C=O) groups is 3. The number of ether oxygens (including phenoxy) is 3. The van der Waals surface area contributed by atoms with Gasteiger partial charge in [0.2, 0.25) is 5.60 Å². The smallest absolute Gasteiger partial charge is 0.346 e.